The number of fused-ring (bicyclic) bond motifs is 1. The van der Waals surface area contributed by atoms with Crippen LogP contribution in [0.3, 0.4) is 0 Å². The molecule has 0 radical (unpaired) electrons. The van der Waals surface area contributed by atoms with Gasteiger partial charge in [-0.15, -0.1) is 11.8 Å². The number of hydrogen-bond acceptors (Lipinski definition) is 7. The van der Waals surface area contributed by atoms with E-state index in [0.717, 1.165) is 82.0 Å². The summed E-state index contributed by atoms with van der Waals surface area (Å²) in [6.45, 7) is 5.51. The van der Waals surface area contributed by atoms with Gasteiger partial charge in [-0.3, -0.25) is 9.48 Å². The van der Waals surface area contributed by atoms with E-state index in [9.17, 15) is 26.4 Å². The van der Waals surface area contributed by atoms with E-state index in [1.807, 2.05) is 4.68 Å². The molecule has 2 saturated heterocycles. The standard InChI is InChI=1S/C35H51F3N6O3S2/c1-40(27-8-4-3-5-9-27)22-23-48-32-24-26(11-12-30(32)35(36,37)38)34-29-25-42(49(2,46)47)21-15-31(29)44(39-34)18-7-16-41-19-13-28(14-20-41)43-17-6-10-33(43)45/h11-12,24,27-28H,3-10,13-23,25H2,1-2H3. The van der Waals surface area contributed by atoms with Crippen molar-refractivity contribution in [1.29, 1.82) is 0 Å². The third-order valence-electron chi connectivity index (χ3n) is 11.0. The van der Waals surface area contributed by atoms with Crippen molar-refractivity contribution in [3.63, 3.8) is 0 Å². The summed E-state index contributed by atoms with van der Waals surface area (Å²) in [4.78, 5) is 19.2. The molecular formula is C35H51F3N6O3S2. The molecule has 14 heteroatoms. The molecule has 9 nitrogen and oxygen atoms in total. The van der Waals surface area contributed by atoms with Crippen LogP contribution in [0.4, 0.5) is 13.2 Å². The number of hydrogen-bond donors (Lipinski definition) is 0. The number of sulfonamides is 1. The SMILES string of the molecule is CN(CCSc1cc(-c2nn(CCCN3CCC(N4CCCC4=O)CC3)c3c2CN(S(C)(=O)=O)CC3)ccc1C(F)(F)F)C1CCCCC1. The average Bonchev–Trinajstić information content (AvgIpc) is 3.67. The average molecular weight is 725 g/mol. The van der Waals surface area contributed by atoms with Crippen molar-refractivity contribution < 1.29 is 26.4 Å². The van der Waals surface area contributed by atoms with Gasteiger partial charge in [0.1, 0.15) is 0 Å². The number of aryl methyl sites for hydroxylation is 1. The molecule has 6 rings (SSSR count). The molecule has 0 atom stereocenters. The zero-order valence-electron chi connectivity index (χ0n) is 28.9. The van der Waals surface area contributed by atoms with E-state index in [0.29, 0.717) is 61.6 Å². The van der Waals surface area contributed by atoms with E-state index in [2.05, 4.69) is 21.7 Å². The summed E-state index contributed by atoms with van der Waals surface area (Å²) in [6.07, 6.45) is 7.61. The Morgan fingerprint density at radius 3 is 2.41 bits per heavy atom. The molecule has 272 valence electrons. The van der Waals surface area contributed by atoms with Gasteiger partial charge in [0.05, 0.1) is 17.5 Å². The second-order valence-corrected chi connectivity index (χ2v) is 17.4. The van der Waals surface area contributed by atoms with Crippen LogP contribution in [0, 0.1) is 0 Å². The highest BCUT2D eigenvalue weighted by Gasteiger charge is 2.35. The van der Waals surface area contributed by atoms with E-state index in [-0.39, 0.29) is 17.3 Å². The van der Waals surface area contributed by atoms with Gasteiger partial charge >= 0.3 is 6.18 Å². The van der Waals surface area contributed by atoms with Crippen molar-refractivity contribution in [2.45, 2.75) is 107 Å². The minimum absolute atomic E-state index is 0.155. The number of nitrogens with zero attached hydrogens (tertiary/aromatic N) is 6. The first-order valence-corrected chi connectivity index (χ1v) is 20.8. The molecule has 0 spiro atoms. The highest BCUT2D eigenvalue weighted by Crippen LogP contribution is 2.40. The molecule has 0 bridgehead atoms. The quantitative estimate of drug-likeness (QED) is 0.259. The number of piperidine rings is 1. The summed E-state index contributed by atoms with van der Waals surface area (Å²) < 4.78 is 71.1. The molecule has 0 N–H and O–H groups in total. The smallest absolute Gasteiger partial charge is 0.340 e. The molecule has 49 heavy (non-hydrogen) atoms. The molecule has 4 heterocycles. The third kappa shape index (κ3) is 8.85. The third-order valence-corrected chi connectivity index (χ3v) is 13.3. The Labute approximate surface area is 293 Å². The Kier molecular flexibility index (Phi) is 11.7. The lowest BCUT2D eigenvalue weighted by Crippen LogP contribution is -2.45. The van der Waals surface area contributed by atoms with E-state index in [1.54, 1.807) is 6.07 Å². The van der Waals surface area contributed by atoms with Crippen LogP contribution >= 0.6 is 11.8 Å². The summed E-state index contributed by atoms with van der Waals surface area (Å²) in [5, 5.41) is 4.97. The maximum atomic E-state index is 14.2. The topological polar surface area (TPSA) is 82.0 Å². The molecular weight excluding hydrogens is 674 g/mol. The predicted octanol–water partition coefficient (Wildman–Crippen LogP) is 5.72. The second kappa shape index (κ2) is 15.6. The number of rotatable bonds is 12. The molecule has 3 aliphatic heterocycles. The Balaban J connectivity index is 1.17. The Morgan fingerprint density at radius 1 is 0.980 bits per heavy atom. The van der Waals surface area contributed by atoms with Gasteiger partial charge in [-0.1, -0.05) is 25.3 Å². The van der Waals surface area contributed by atoms with Crippen LogP contribution < -0.4 is 0 Å². The minimum Gasteiger partial charge on any atom is -0.340 e. The molecule has 1 amide bonds. The summed E-state index contributed by atoms with van der Waals surface area (Å²) in [7, 11) is -1.39. The fraction of sp³-hybridized carbons (Fsp3) is 0.714. The van der Waals surface area contributed by atoms with Crippen molar-refractivity contribution in [2.24, 2.45) is 0 Å². The monoisotopic (exact) mass is 724 g/mol. The second-order valence-electron chi connectivity index (χ2n) is 14.3. The van der Waals surface area contributed by atoms with Crippen LogP contribution in [0.25, 0.3) is 11.3 Å². The van der Waals surface area contributed by atoms with E-state index < -0.39 is 21.8 Å². The van der Waals surface area contributed by atoms with Crippen molar-refractivity contribution in [3.8, 4) is 11.3 Å². The van der Waals surface area contributed by atoms with Gasteiger partial charge in [0.2, 0.25) is 15.9 Å². The normalized spacial score (nSPS) is 20.9. The molecule has 4 aliphatic rings. The number of likely N-dealkylation sites (tertiary alicyclic amines) is 2. The Morgan fingerprint density at radius 2 is 1.73 bits per heavy atom. The number of thioether (sulfide) groups is 1. The van der Waals surface area contributed by atoms with Crippen LogP contribution in [-0.2, 0) is 40.5 Å². The van der Waals surface area contributed by atoms with E-state index in [4.69, 9.17) is 5.10 Å². The summed E-state index contributed by atoms with van der Waals surface area (Å²) >= 11 is 1.23. The van der Waals surface area contributed by atoms with Gasteiger partial charge in [0.15, 0.2) is 0 Å². The fourth-order valence-corrected chi connectivity index (χ4v) is 10.1. The maximum Gasteiger partial charge on any atom is 0.417 e. The molecule has 2 aromatic rings. The molecule has 1 aliphatic carbocycles. The zero-order chi connectivity index (χ0) is 34.8. The first-order valence-electron chi connectivity index (χ1n) is 18.0. The van der Waals surface area contributed by atoms with Crippen LogP contribution in [0.15, 0.2) is 23.1 Å². The Hall–Kier alpha value is -2.13. The number of carbonyl (C=O) groups is 1. The lowest BCUT2D eigenvalue weighted by molar-refractivity contribution is -0.139. The number of aromatic nitrogens is 2. The molecule has 3 fully saturated rings. The fourth-order valence-electron chi connectivity index (χ4n) is 8.15. The van der Waals surface area contributed by atoms with Gasteiger partial charge < -0.3 is 14.7 Å². The number of alkyl halides is 3. The van der Waals surface area contributed by atoms with Gasteiger partial charge in [0, 0.05) is 98.2 Å². The van der Waals surface area contributed by atoms with Crippen molar-refractivity contribution >= 4 is 27.7 Å². The first-order chi connectivity index (χ1) is 23.4. The number of halogens is 3. The zero-order valence-corrected chi connectivity index (χ0v) is 30.5. The van der Waals surface area contributed by atoms with Crippen molar-refractivity contribution in [3.05, 3.63) is 35.0 Å². The lowest BCUT2D eigenvalue weighted by Gasteiger charge is -2.36. The number of carbonyl (C=O) groups excluding carboxylic acids is 1. The summed E-state index contributed by atoms with van der Waals surface area (Å²) in [5.74, 6) is 0.827. The highest BCUT2D eigenvalue weighted by atomic mass is 32.2. The van der Waals surface area contributed by atoms with Gasteiger partial charge in [-0.05, 0) is 64.3 Å². The van der Waals surface area contributed by atoms with Crippen molar-refractivity contribution in [2.75, 3.05) is 58.3 Å². The molecule has 1 aromatic heterocycles. The summed E-state index contributed by atoms with van der Waals surface area (Å²) in [5.41, 5.74) is 2.24. The number of amides is 1. The maximum absolute atomic E-state index is 14.2. The van der Waals surface area contributed by atoms with Gasteiger partial charge in [0.25, 0.3) is 0 Å². The molecule has 1 saturated carbocycles. The van der Waals surface area contributed by atoms with E-state index in [1.165, 1.54) is 47.7 Å². The lowest BCUT2D eigenvalue weighted by atomic mass is 9.94. The summed E-state index contributed by atoms with van der Waals surface area (Å²) in [6, 6.07) is 5.08. The van der Waals surface area contributed by atoms with Gasteiger partial charge in [-0.25, -0.2) is 8.42 Å². The predicted molar refractivity (Wildman–Crippen MR) is 187 cm³/mol. The van der Waals surface area contributed by atoms with Crippen LogP contribution in [0.1, 0.15) is 81.0 Å². The first kappa shape index (κ1) is 36.7. The van der Waals surface area contributed by atoms with Crippen LogP contribution in [0.5, 0.6) is 0 Å². The van der Waals surface area contributed by atoms with E-state index >= 15 is 0 Å². The minimum atomic E-state index is -4.49. The van der Waals surface area contributed by atoms with Gasteiger partial charge in [-0.2, -0.15) is 22.6 Å². The molecule has 0 unspecified atom stereocenters. The number of benzene rings is 1. The highest BCUT2D eigenvalue weighted by molar-refractivity contribution is 7.99. The van der Waals surface area contributed by atoms with Crippen molar-refractivity contribution in [1.82, 2.24) is 28.8 Å². The molecule has 1 aromatic carbocycles. The Bertz CT molecular complexity index is 1570. The largest absolute Gasteiger partial charge is 0.417 e. The van der Waals surface area contributed by atoms with Crippen LogP contribution in [0.2, 0.25) is 0 Å². The van der Waals surface area contributed by atoms with Crippen LogP contribution in [-0.4, -0.2) is 114 Å².